The molecule has 0 amide bonds. The predicted molar refractivity (Wildman–Crippen MR) is 77.8 cm³/mol. The molecule has 0 aliphatic carbocycles. The summed E-state index contributed by atoms with van der Waals surface area (Å²) in [6.45, 7) is 0. The van der Waals surface area contributed by atoms with Gasteiger partial charge in [-0.25, -0.2) is 0 Å². The molecule has 0 spiro atoms. The van der Waals surface area contributed by atoms with Gasteiger partial charge in [-0.2, -0.15) is 0 Å². The molecular weight excluding hydrogens is 260 g/mol. The fraction of sp³-hybridized carbons (Fsp3) is 0.0625. The van der Waals surface area contributed by atoms with E-state index in [1.807, 2.05) is 18.2 Å². The van der Waals surface area contributed by atoms with Crippen LogP contribution in [0.2, 0.25) is 5.02 Å². The zero-order valence-electron chi connectivity index (χ0n) is 10.5. The standard InChI is InChI=1S/C16H13ClO2/c1-19-16-10-8-14(17)11-13(16)7-9-15(18)12-5-3-2-4-6-12/h2-11H,1H3/b9-7+. The number of ether oxygens (including phenoxy) is 1. The van der Waals surface area contributed by atoms with Gasteiger partial charge in [0.1, 0.15) is 5.75 Å². The zero-order chi connectivity index (χ0) is 13.7. The highest BCUT2D eigenvalue weighted by Gasteiger charge is 2.03. The average molecular weight is 273 g/mol. The third-order valence-corrected chi connectivity index (χ3v) is 2.90. The van der Waals surface area contributed by atoms with Crippen LogP contribution in [0.5, 0.6) is 5.75 Å². The Morgan fingerprint density at radius 1 is 1.16 bits per heavy atom. The van der Waals surface area contributed by atoms with Crippen molar-refractivity contribution >= 4 is 23.5 Å². The van der Waals surface area contributed by atoms with E-state index in [-0.39, 0.29) is 5.78 Å². The molecule has 0 aliphatic rings. The van der Waals surface area contributed by atoms with Gasteiger partial charge < -0.3 is 4.74 Å². The molecule has 96 valence electrons. The fourth-order valence-corrected chi connectivity index (χ4v) is 1.88. The normalized spacial score (nSPS) is 10.6. The summed E-state index contributed by atoms with van der Waals surface area (Å²) in [6.07, 6.45) is 3.23. The molecule has 2 nitrogen and oxygen atoms in total. The maximum absolute atomic E-state index is 11.9. The summed E-state index contributed by atoms with van der Waals surface area (Å²) in [5, 5.41) is 0.604. The van der Waals surface area contributed by atoms with E-state index in [1.165, 1.54) is 6.08 Å². The quantitative estimate of drug-likeness (QED) is 0.614. The first-order chi connectivity index (χ1) is 9.20. The summed E-state index contributed by atoms with van der Waals surface area (Å²) in [6, 6.07) is 14.4. The third-order valence-electron chi connectivity index (χ3n) is 2.66. The first-order valence-corrected chi connectivity index (χ1v) is 6.19. The molecule has 0 saturated carbocycles. The van der Waals surface area contributed by atoms with E-state index in [4.69, 9.17) is 16.3 Å². The van der Waals surface area contributed by atoms with Crippen LogP contribution in [0.25, 0.3) is 6.08 Å². The van der Waals surface area contributed by atoms with Crippen molar-refractivity contribution in [3.63, 3.8) is 0 Å². The summed E-state index contributed by atoms with van der Waals surface area (Å²) in [4.78, 5) is 11.9. The average Bonchev–Trinajstić information content (AvgIpc) is 2.46. The summed E-state index contributed by atoms with van der Waals surface area (Å²) >= 11 is 5.93. The maximum atomic E-state index is 11.9. The number of carbonyl (C=O) groups excluding carboxylic acids is 1. The number of allylic oxidation sites excluding steroid dienone is 1. The highest BCUT2D eigenvalue weighted by Crippen LogP contribution is 2.23. The van der Waals surface area contributed by atoms with Gasteiger partial charge in [0.2, 0.25) is 0 Å². The van der Waals surface area contributed by atoms with E-state index in [0.717, 1.165) is 5.56 Å². The molecular formula is C16H13ClO2. The molecule has 19 heavy (non-hydrogen) atoms. The largest absolute Gasteiger partial charge is 0.496 e. The molecule has 0 aliphatic heterocycles. The van der Waals surface area contributed by atoms with Crippen LogP contribution < -0.4 is 4.74 Å². The molecule has 0 radical (unpaired) electrons. The lowest BCUT2D eigenvalue weighted by Crippen LogP contribution is -1.93. The minimum absolute atomic E-state index is 0.0531. The molecule has 2 aromatic rings. The van der Waals surface area contributed by atoms with Gasteiger partial charge in [-0.15, -0.1) is 0 Å². The van der Waals surface area contributed by atoms with E-state index < -0.39 is 0 Å². The number of hydrogen-bond acceptors (Lipinski definition) is 2. The molecule has 0 N–H and O–H groups in total. The molecule has 0 aromatic heterocycles. The highest BCUT2D eigenvalue weighted by molar-refractivity contribution is 6.30. The number of hydrogen-bond donors (Lipinski definition) is 0. The van der Waals surface area contributed by atoms with Gasteiger partial charge >= 0.3 is 0 Å². The topological polar surface area (TPSA) is 26.3 Å². The molecule has 0 saturated heterocycles. The number of benzene rings is 2. The Kier molecular flexibility index (Phi) is 4.37. The van der Waals surface area contributed by atoms with E-state index >= 15 is 0 Å². The summed E-state index contributed by atoms with van der Waals surface area (Å²) in [5.41, 5.74) is 1.43. The zero-order valence-corrected chi connectivity index (χ0v) is 11.2. The van der Waals surface area contributed by atoms with Crippen molar-refractivity contribution < 1.29 is 9.53 Å². The Hall–Kier alpha value is -2.06. The van der Waals surface area contributed by atoms with Crippen LogP contribution in [0.3, 0.4) is 0 Å². The summed E-state index contributed by atoms with van der Waals surface area (Å²) < 4.78 is 5.22. The number of ketones is 1. The second-order valence-corrected chi connectivity index (χ2v) is 4.39. The fourth-order valence-electron chi connectivity index (χ4n) is 1.70. The van der Waals surface area contributed by atoms with Crippen LogP contribution in [0.4, 0.5) is 0 Å². The molecule has 0 unspecified atom stereocenters. The second-order valence-electron chi connectivity index (χ2n) is 3.95. The van der Waals surface area contributed by atoms with Crippen LogP contribution in [0, 0.1) is 0 Å². The lowest BCUT2D eigenvalue weighted by molar-refractivity contribution is 0.104. The Bertz CT molecular complexity index is 603. The number of rotatable bonds is 4. The molecule has 0 fully saturated rings. The van der Waals surface area contributed by atoms with E-state index in [2.05, 4.69) is 0 Å². The predicted octanol–water partition coefficient (Wildman–Crippen LogP) is 4.24. The number of carbonyl (C=O) groups is 1. The molecule has 0 heterocycles. The van der Waals surface area contributed by atoms with Gasteiger partial charge in [0.05, 0.1) is 7.11 Å². The number of methoxy groups -OCH3 is 1. The minimum Gasteiger partial charge on any atom is -0.496 e. The Morgan fingerprint density at radius 3 is 2.58 bits per heavy atom. The Labute approximate surface area is 117 Å². The monoisotopic (exact) mass is 272 g/mol. The lowest BCUT2D eigenvalue weighted by Gasteiger charge is -2.04. The van der Waals surface area contributed by atoms with Gasteiger partial charge in [0.25, 0.3) is 0 Å². The van der Waals surface area contributed by atoms with E-state index in [1.54, 1.807) is 43.5 Å². The van der Waals surface area contributed by atoms with Crippen molar-refractivity contribution in [1.82, 2.24) is 0 Å². The van der Waals surface area contributed by atoms with Crippen LogP contribution >= 0.6 is 11.6 Å². The van der Waals surface area contributed by atoms with Crippen molar-refractivity contribution in [2.24, 2.45) is 0 Å². The van der Waals surface area contributed by atoms with Crippen molar-refractivity contribution in [1.29, 1.82) is 0 Å². The molecule has 2 aromatic carbocycles. The molecule has 2 rings (SSSR count). The minimum atomic E-state index is -0.0531. The van der Waals surface area contributed by atoms with Gasteiger partial charge in [0, 0.05) is 16.1 Å². The summed E-state index contributed by atoms with van der Waals surface area (Å²) in [7, 11) is 1.58. The van der Waals surface area contributed by atoms with Crippen LogP contribution in [0.15, 0.2) is 54.6 Å². The second kappa shape index (κ2) is 6.21. The van der Waals surface area contributed by atoms with Crippen molar-refractivity contribution in [2.75, 3.05) is 7.11 Å². The maximum Gasteiger partial charge on any atom is 0.185 e. The van der Waals surface area contributed by atoms with Gasteiger partial charge in [-0.1, -0.05) is 41.9 Å². The SMILES string of the molecule is COc1ccc(Cl)cc1/C=C/C(=O)c1ccccc1. The molecule has 0 atom stereocenters. The van der Waals surface area contributed by atoms with Crippen molar-refractivity contribution in [3.8, 4) is 5.75 Å². The molecule has 0 bridgehead atoms. The lowest BCUT2D eigenvalue weighted by atomic mass is 10.1. The highest BCUT2D eigenvalue weighted by atomic mass is 35.5. The van der Waals surface area contributed by atoms with Gasteiger partial charge in [-0.3, -0.25) is 4.79 Å². The van der Waals surface area contributed by atoms with Gasteiger partial charge in [-0.05, 0) is 30.4 Å². The Balaban J connectivity index is 2.23. The first kappa shape index (κ1) is 13.4. The summed E-state index contributed by atoms with van der Waals surface area (Å²) in [5.74, 6) is 0.629. The number of halogens is 1. The third kappa shape index (κ3) is 3.46. The first-order valence-electron chi connectivity index (χ1n) is 5.81. The van der Waals surface area contributed by atoms with E-state index in [9.17, 15) is 4.79 Å². The van der Waals surface area contributed by atoms with Gasteiger partial charge in [0.15, 0.2) is 5.78 Å². The smallest absolute Gasteiger partial charge is 0.185 e. The Morgan fingerprint density at radius 2 is 1.89 bits per heavy atom. The molecule has 3 heteroatoms. The van der Waals surface area contributed by atoms with Crippen LogP contribution in [0.1, 0.15) is 15.9 Å². The van der Waals surface area contributed by atoms with E-state index in [0.29, 0.717) is 16.3 Å². The van der Waals surface area contributed by atoms with Crippen LogP contribution in [-0.4, -0.2) is 12.9 Å². The van der Waals surface area contributed by atoms with Crippen LogP contribution in [-0.2, 0) is 0 Å². The van der Waals surface area contributed by atoms with Crippen molar-refractivity contribution in [3.05, 3.63) is 70.8 Å². The van der Waals surface area contributed by atoms with Crippen molar-refractivity contribution in [2.45, 2.75) is 0 Å².